The van der Waals surface area contributed by atoms with Gasteiger partial charge in [-0.1, -0.05) is 6.07 Å². The summed E-state index contributed by atoms with van der Waals surface area (Å²) >= 11 is 0. The minimum Gasteiger partial charge on any atom is -0.314 e. The first-order chi connectivity index (χ1) is 8.22. The van der Waals surface area contributed by atoms with Gasteiger partial charge in [-0.25, -0.2) is 8.78 Å². The molecule has 0 saturated heterocycles. The summed E-state index contributed by atoms with van der Waals surface area (Å²) in [6.45, 7) is 0.707. The van der Waals surface area contributed by atoms with Gasteiger partial charge in [-0.2, -0.15) is 5.10 Å². The predicted octanol–water partition coefficient (Wildman–Crippen LogP) is 1.93. The summed E-state index contributed by atoms with van der Waals surface area (Å²) < 4.78 is 28.5. The Hall–Kier alpha value is -1.75. The monoisotopic (exact) mass is 237 g/mol. The van der Waals surface area contributed by atoms with Crippen molar-refractivity contribution < 1.29 is 8.78 Å². The molecule has 0 atom stereocenters. The summed E-state index contributed by atoms with van der Waals surface area (Å²) in [4.78, 5) is 0. The summed E-state index contributed by atoms with van der Waals surface area (Å²) in [7, 11) is 1.81. The van der Waals surface area contributed by atoms with Gasteiger partial charge >= 0.3 is 0 Å². The first-order valence-corrected chi connectivity index (χ1v) is 5.30. The molecule has 0 saturated carbocycles. The second-order valence-corrected chi connectivity index (χ2v) is 3.71. The molecule has 0 bridgehead atoms. The van der Waals surface area contributed by atoms with Crippen LogP contribution in [0.1, 0.15) is 11.3 Å². The molecule has 0 unspecified atom stereocenters. The number of nitrogens with zero attached hydrogens (tertiary/aromatic N) is 2. The fourth-order valence-corrected chi connectivity index (χ4v) is 1.67. The zero-order valence-electron chi connectivity index (χ0n) is 9.45. The van der Waals surface area contributed by atoms with Crippen molar-refractivity contribution in [1.82, 2.24) is 15.1 Å². The molecule has 2 aromatic rings. The van der Waals surface area contributed by atoms with E-state index in [-0.39, 0.29) is 12.1 Å². The van der Waals surface area contributed by atoms with E-state index in [0.717, 1.165) is 5.69 Å². The standard InChI is InChI=1S/C12H13F2N3/c1-15-7-9-5-6-16-17(9)8-10-11(13)3-2-4-12(10)14/h2-6,15H,7-8H2,1H3. The number of halogens is 2. The summed E-state index contributed by atoms with van der Waals surface area (Å²) in [5, 5.41) is 7.03. The van der Waals surface area contributed by atoms with Crippen molar-refractivity contribution in [3.63, 3.8) is 0 Å². The zero-order valence-corrected chi connectivity index (χ0v) is 9.45. The Morgan fingerprint density at radius 1 is 1.24 bits per heavy atom. The maximum Gasteiger partial charge on any atom is 0.131 e. The van der Waals surface area contributed by atoms with Crippen LogP contribution >= 0.6 is 0 Å². The highest BCUT2D eigenvalue weighted by Crippen LogP contribution is 2.14. The van der Waals surface area contributed by atoms with E-state index in [1.807, 2.05) is 6.07 Å². The van der Waals surface area contributed by atoms with Crippen LogP contribution < -0.4 is 5.32 Å². The topological polar surface area (TPSA) is 29.9 Å². The lowest BCUT2D eigenvalue weighted by Crippen LogP contribution is -2.14. The van der Waals surface area contributed by atoms with Crippen molar-refractivity contribution >= 4 is 0 Å². The first kappa shape index (κ1) is 11.7. The minimum absolute atomic E-state index is 0.0357. The number of hydrogen-bond donors (Lipinski definition) is 1. The molecule has 2 rings (SSSR count). The lowest BCUT2D eigenvalue weighted by Gasteiger charge is -2.08. The molecule has 0 aliphatic heterocycles. The SMILES string of the molecule is CNCc1ccnn1Cc1c(F)cccc1F. The van der Waals surface area contributed by atoms with Crippen LogP contribution in [0.4, 0.5) is 8.78 Å². The van der Waals surface area contributed by atoms with Crippen LogP contribution in [0.15, 0.2) is 30.5 Å². The molecule has 17 heavy (non-hydrogen) atoms. The highest BCUT2D eigenvalue weighted by atomic mass is 19.1. The molecule has 0 aliphatic carbocycles. The molecular weight excluding hydrogens is 224 g/mol. The van der Waals surface area contributed by atoms with E-state index in [4.69, 9.17) is 0 Å². The van der Waals surface area contributed by atoms with Gasteiger partial charge in [-0.15, -0.1) is 0 Å². The Morgan fingerprint density at radius 3 is 2.59 bits per heavy atom. The molecule has 1 aromatic heterocycles. The van der Waals surface area contributed by atoms with Crippen LogP contribution in [0.3, 0.4) is 0 Å². The summed E-state index contributed by atoms with van der Waals surface area (Å²) in [6, 6.07) is 5.67. The summed E-state index contributed by atoms with van der Waals surface area (Å²) in [6.07, 6.45) is 1.62. The second-order valence-electron chi connectivity index (χ2n) is 3.71. The van der Waals surface area contributed by atoms with Gasteiger partial charge in [0, 0.05) is 18.3 Å². The molecular formula is C12H13F2N3. The maximum absolute atomic E-state index is 13.5. The van der Waals surface area contributed by atoms with E-state index in [2.05, 4.69) is 10.4 Å². The molecule has 0 radical (unpaired) electrons. The van der Waals surface area contributed by atoms with E-state index in [1.54, 1.807) is 17.9 Å². The van der Waals surface area contributed by atoms with Gasteiger partial charge in [0.15, 0.2) is 0 Å². The van der Waals surface area contributed by atoms with E-state index in [9.17, 15) is 8.78 Å². The van der Waals surface area contributed by atoms with E-state index >= 15 is 0 Å². The largest absolute Gasteiger partial charge is 0.314 e. The Balaban J connectivity index is 2.28. The Labute approximate surface area is 98.1 Å². The third-order valence-electron chi connectivity index (χ3n) is 2.53. The van der Waals surface area contributed by atoms with Crippen molar-refractivity contribution in [3.05, 3.63) is 53.4 Å². The van der Waals surface area contributed by atoms with Crippen molar-refractivity contribution in [1.29, 1.82) is 0 Å². The lowest BCUT2D eigenvalue weighted by atomic mass is 10.2. The molecule has 0 amide bonds. The third kappa shape index (κ3) is 2.50. The Morgan fingerprint density at radius 2 is 1.94 bits per heavy atom. The van der Waals surface area contributed by atoms with Crippen LogP contribution in [-0.2, 0) is 13.1 Å². The highest BCUT2D eigenvalue weighted by molar-refractivity contribution is 5.20. The average molecular weight is 237 g/mol. The number of nitrogens with one attached hydrogen (secondary N) is 1. The van der Waals surface area contributed by atoms with E-state index < -0.39 is 11.6 Å². The van der Waals surface area contributed by atoms with E-state index in [0.29, 0.717) is 6.54 Å². The normalized spacial score (nSPS) is 10.8. The van der Waals surface area contributed by atoms with Crippen molar-refractivity contribution in [2.45, 2.75) is 13.1 Å². The zero-order chi connectivity index (χ0) is 12.3. The quantitative estimate of drug-likeness (QED) is 0.880. The van der Waals surface area contributed by atoms with Crippen molar-refractivity contribution in [2.75, 3.05) is 7.05 Å². The van der Waals surface area contributed by atoms with Gasteiger partial charge in [0.1, 0.15) is 11.6 Å². The maximum atomic E-state index is 13.5. The van der Waals surface area contributed by atoms with Gasteiger partial charge < -0.3 is 5.32 Å². The number of benzene rings is 1. The molecule has 0 spiro atoms. The van der Waals surface area contributed by atoms with Gasteiger partial charge in [-0.05, 0) is 25.2 Å². The Kier molecular flexibility index (Phi) is 3.49. The third-order valence-corrected chi connectivity index (χ3v) is 2.53. The minimum atomic E-state index is -0.545. The van der Waals surface area contributed by atoms with Gasteiger partial charge in [-0.3, -0.25) is 4.68 Å². The first-order valence-electron chi connectivity index (χ1n) is 5.30. The number of aromatic nitrogens is 2. The molecule has 5 heteroatoms. The predicted molar refractivity (Wildman–Crippen MR) is 60.5 cm³/mol. The summed E-state index contributed by atoms with van der Waals surface area (Å²) in [5.41, 5.74) is 0.920. The van der Waals surface area contributed by atoms with E-state index in [1.165, 1.54) is 18.2 Å². The fourth-order valence-electron chi connectivity index (χ4n) is 1.67. The Bertz CT molecular complexity index is 488. The fraction of sp³-hybridized carbons (Fsp3) is 0.250. The molecule has 3 nitrogen and oxygen atoms in total. The average Bonchev–Trinajstić information content (AvgIpc) is 2.72. The van der Waals surface area contributed by atoms with Crippen molar-refractivity contribution in [3.8, 4) is 0 Å². The summed E-state index contributed by atoms with van der Waals surface area (Å²) in [5.74, 6) is -1.09. The smallest absolute Gasteiger partial charge is 0.131 e. The molecule has 1 heterocycles. The highest BCUT2D eigenvalue weighted by Gasteiger charge is 2.11. The molecule has 90 valence electrons. The van der Waals surface area contributed by atoms with Gasteiger partial charge in [0.25, 0.3) is 0 Å². The molecule has 0 fully saturated rings. The van der Waals surface area contributed by atoms with Crippen LogP contribution in [0, 0.1) is 11.6 Å². The van der Waals surface area contributed by atoms with Crippen LogP contribution in [0.5, 0.6) is 0 Å². The lowest BCUT2D eigenvalue weighted by molar-refractivity contribution is 0.523. The van der Waals surface area contributed by atoms with Gasteiger partial charge in [0.05, 0.1) is 12.2 Å². The second kappa shape index (κ2) is 5.05. The number of rotatable bonds is 4. The van der Waals surface area contributed by atoms with Crippen LogP contribution in [0.2, 0.25) is 0 Å². The molecule has 1 N–H and O–H groups in total. The number of hydrogen-bond acceptors (Lipinski definition) is 2. The van der Waals surface area contributed by atoms with Crippen LogP contribution in [0.25, 0.3) is 0 Å². The molecule has 0 aliphatic rings. The van der Waals surface area contributed by atoms with Crippen LogP contribution in [-0.4, -0.2) is 16.8 Å². The molecule has 1 aromatic carbocycles. The van der Waals surface area contributed by atoms with Crippen molar-refractivity contribution in [2.24, 2.45) is 0 Å². The van der Waals surface area contributed by atoms with Gasteiger partial charge in [0.2, 0.25) is 0 Å².